The Morgan fingerprint density at radius 3 is 2.18 bits per heavy atom. The van der Waals surface area contributed by atoms with Crippen LogP contribution >= 0.6 is 0 Å². The van der Waals surface area contributed by atoms with E-state index in [4.69, 9.17) is 4.74 Å². The molecule has 1 aliphatic heterocycles. The normalized spacial score (nSPS) is 37.9. The van der Waals surface area contributed by atoms with E-state index in [1.807, 2.05) is 27.7 Å². The first-order valence-corrected chi connectivity index (χ1v) is 4.06. The monoisotopic (exact) mass is 159 g/mol. The summed E-state index contributed by atoms with van der Waals surface area (Å²) >= 11 is 0. The lowest BCUT2D eigenvalue weighted by Crippen LogP contribution is -2.38. The van der Waals surface area contributed by atoms with Crippen LogP contribution < -0.4 is 0 Å². The van der Waals surface area contributed by atoms with Gasteiger partial charge in [-0.1, -0.05) is 6.92 Å². The van der Waals surface area contributed by atoms with Gasteiger partial charge in [0.15, 0.2) is 0 Å². The molecule has 1 atom stereocenters. The first-order chi connectivity index (χ1) is 4.90. The van der Waals surface area contributed by atoms with Gasteiger partial charge in [-0.15, -0.1) is 0 Å². The van der Waals surface area contributed by atoms with E-state index in [0.29, 0.717) is 6.54 Å². The van der Waals surface area contributed by atoms with E-state index in [9.17, 15) is 5.21 Å². The van der Waals surface area contributed by atoms with Crippen LogP contribution in [0.1, 0.15) is 34.1 Å². The molecule has 1 rings (SSSR count). The number of rotatable bonds is 1. The van der Waals surface area contributed by atoms with Crippen molar-refractivity contribution in [3.63, 3.8) is 0 Å². The molecule has 0 saturated carbocycles. The summed E-state index contributed by atoms with van der Waals surface area (Å²) in [6.07, 6.45) is 0.799. The lowest BCUT2D eigenvalue weighted by Gasteiger charge is -2.28. The van der Waals surface area contributed by atoms with Crippen molar-refractivity contribution in [3.8, 4) is 0 Å². The highest BCUT2D eigenvalue weighted by molar-refractivity contribution is 4.87. The van der Waals surface area contributed by atoms with Crippen LogP contribution in [0.25, 0.3) is 0 Å². The molecule has 11 heavy (non-hydrogen) atoms. The second-order valence-corrected chi connectivity index (χ2v) is 3.95. The van der Waals surface area contributed by atoms with Gasteiger partial charge in [-0.25, -0.2) is 0 Å². The maximum Gasteiger partial charge on any atom is 0.141 e. The number of hydrogen-bond acceptors (Lipinski definition) is 3. The molecule has 66 valence electrons. The second-order valence-electron chi connectivity index (χ2n) is 3.95. The minimum absolute atomic E-state index is 0.223. The highest BCUT2D eigenvalue weighted by Gasteiger charge is 2.45. The van der Waals surface area contributed by atoms with Crippen LogP contribution in [0.5, 0.6) is 0 Å². The van der Waals surface area contributed by atoms with Crippen LogP contribution in [0.4, 0.5) is 0 Å². The average molecular weight is 159 g/mol. The van der Waals surface area contributed by atoms with Crippen molar-refractivity contribution in [2.24, 2.45) is 0 Å². The van der Waals surface area contributed by atoms with Crippen LogP contribution in [0.15, 0.2) is 0 Å². The van der Waals surface area contributed by atoms with Gasteiger partial charge >= 0.3 is 0 Å². The first kappa shape index (κ1) is 8.97. The Kier molecular flexibility index (Phi) is 1.99. The van der Waals surface area contributed by atoms with Crippen LogP contribution in [0.2, 0.25) is 0 Å². The molecule has 0 spiro atoms. The Hall–Kier alpha value is -0.120. The molecule has 0 aliphatic carbocycles. The fourth-order valence-electron chi connectivity index (χ4n) is 1.46. The number of nitrogens with zero attached hydrogens (tertiary/aromatic N) is 1. The van der Waals surface area contributed by atoms with Gasteiger partial charge in [0, 0.05) is 0 Å². The topological polar surface area (TPSA) is 32.7 Å². The summed E-state index contributed by atoms with van der Waals surface area (Å²) < 4.78 is 5.67. The molecule has 0 unspecified atom stereocenters. The molecule has 0 bridgehead atoms. The average Bonchev–Trinajstić information content (AvgIpc) is 2.03. The first-order valence-electron chi connectivity index (χ1n) is 4.06. The Bertz CT molecular complexity index is 158. The molecule has 0 radical (unpaired) electrons. The van der Waals surface area contributed by atoms with Gasteiger partial charge in [0.05, 0.1) is 12.1 Å². The van der Waals surface area contributed by atoms with E-state index in [2.05, 4.69) is 0 Å². The van der Waals surface area contributed by atoms with Gasteiger partial charge in [-0.05, 0) is 27.2 Å². The van der Waals surface area contributed by atoms with Crippen molar-refractivity contribution in [2.45, 2.75) is 45.4 Å². The molecule has 1 fully saturated rings. The second kappa shape index (κ2) is 2.44. The SMILES string of the molecule is CC[C@]1(C)OC(C)(C)CN1O. The molecule has 0 aromatic rings. The summed E-state index contributed by atoms with van der Waals surface area (Å²) in [5.41, 5.74) is -0.705. The van der Waals surface area contributed by atoms with Crippen LogP contribution in [0.3, 0.4) is 0 Å². The molecule has 1 aliphatic rings. The Labute approximate surface area is 67.9 Å². The molecule has 3 nitrogen and oxygen atoms in total. The van der Waals surface area contributed by atoms with Gasteiger partial charge in [0.25, 0.3) is 0 Å². The maximum atomic E-state index is 9.49. The molecular formula is C8H17NO2. The highest BCUT2D eigenvalue weighted by atomic mass is 16.6. The van der Waals surface area contributed by atoms with Crippen molar-refractivity contribution >= 4 is 0 Å². The zero-order valence-electron chi connectivity index (χ0n) is 7.72. The van der Waals surface area contributed by atoms with Gasteiger partial charge in [-0.3, -0.25) is 0 Å². The Morgan fingerprint density at radius 2 is 2.00 bits per heavy atom. The van der Waals surface area contributed by atoms with Gasteiger partial charge in [-0.2, -0.15) is 5.06 Å². The number of ether oxygens (including phenoxy) is 1. The predicted octanol–water partition coefficient (Wildman–Crippen LogP) is 1.61. The summed E-state index contributed by atoms with van der Waals surface area (Å²) in [4.78, 5) is 0. The molecule has 0 amide bonds. The third-order valence-electron chi connectivity index (χ3n) is 2.23. The van der Waals surface area contributed by atoms with E-state index < -0.39 is 5.72 Å². The van der Waals surface area contributed by atoms with Crippen molar-refractivity contribution in [1.82, 2.24) is 5.06 Å². The van der Waals surface area contributed by atoms with Crippen molar-refractivity contribution < 1.29 is 9.94 Å². The number of hydroxylamine groups is 2. The van der Waals surface area contributed by atoms with Crippen LogP contribution in [0, 0.1) is 0 Å². The molecule has 0 aromatic heterocycles. The lowest BCUT2D eigenvalue weighted by atomic mass is 10.1. The minimum Gasteiger partial charge on any atom is -0.351 e. The van der Waals surface area contributed by atoms with E-state index in [-0.39, 0.29) is 5.60 Å². The summed E-state index contributed by atoms with van der Waals surface area (Å²) in [7, 11) is 0. The molecule has 1 heterocycles. The van der Waals surface area contributed by atoms with Crippen molar-refractivity contribution in [2.75, 3.05) is 6.54 Å². The van der Waals surface area contributed by atoms with Gasteiger partial charge in [0.1, 0.15) is 5.72 Å². The standard InChI is InChI=1S/C8H17NO2/c1-5-8(4)9(10)6-7(2,3)11-8/h10H,5-6H2,1-4H3/t8-/m0/s1. The maximum absolute atomic E-state index is 9.49. The Balaban J connectivity index is 2.73. The summed E-state index contributed by atoms with van der Waals surface area (Å²) in [5.74, 6) is 0. The summed E-state index contributed by atoms with van der Waals surface area (Å²) in [5, 5.41) is 10.8. The summed E-state index contributed by atoms with van der Waals surface area (Å²) in [6, 6.07) is 0. The number of hydrogen-bond donors (Lipinski definition) is 1. The molecular weight excluding hydrogens is 142 g/mol. The van der Waals surface area contributed by atoms with Gasteiger partial charge in [0.2, 0.25) is 0 Å². The fourth-order valence-corrected chi connectivity index (χ4v) is 1.46. The van der Waals surface area contributed by atoms with E-state index in [1.54, 1.807) is 0 Å². The predicted molar refractivity (Wildman–Crippen MR) is 42.4 cm³/mol. The van der Waals surface area contributed by atoms with Crippen LogP contribution in [-0.4, -0.2) is 28.1 Å². The quantitative estimate of drug-likeness (QED) is 0.631. The van der Waals surface area contributed by atoms with E-state index in [1.165, 1.54) is 5.06 Å². The fraction of sp³-hybridized carbons (Fsp3) is 1.00. The molecule has 1 N–H and O–H groups in total. The third-order valence-corrected chi connectivity index (χ3v) is 2.23. The molecule has 3 heteroatoms. The van der Waals surface area contributed by atoms with Crippen molar-refractivity contribution in [3.05, 3.63) is 0 Å². The van der Waals surface area contributed by atoms with E-state index >= 15 is 0 Å². The smallest absolute Gasteiger partial charge is 0.141 e. The molecule has 0 aromatic carbocycles. The largest absolute Gasteiger partial charge is 0.351 e. The zero-order valence-corrected chi connectivity index (χ0v) is 7.72. The van der Waals surface area contributed by atoms with Crippen molar-refractivity contribution in [1.29, 1.82) is 0 Å². The van der Waals surface area contributed by atoms with Gasteiger partial charge < -0.3 is 9.94 Å². The Morgan fingerprint density at radius 1 is 1.45 bits per heavy atom. The highest BCUT2D eigenvalue weighted by Crippen LogP contribution is 2.33. The van der Waals surface area contributed by atoms with E-state index in [0.717, 1.165) is 6.42 Å². The minimum atomic E-state index is -0.483. The lowest BCUT2D eigenvalue weighted by molar-refractivity contribution is -0.224. The van der Waals surface area contributed by atoms with Crippen LogP contribution in [-0.2, 0) is 4.74 Å². The third kappa shape index (κ3) is 1.55. The molecule has 1 saturated heterocycles. The zero-order chi connectivity index (χ0) is 8.70. The summed E-state index contributed by atoms with van der Waals surface area (Å²) in [6.45, 7) is 8.46.